The minimum absolute atomic E-state index is 0.0176. The van der Waals surface area contributed by atoms with Crippen LogP contribution in [0.4, 0.5) is 5.69 Å². The van der Waals surface area contributed by atoms with Gasteiger partial charge in [0.15, 0.2) is 0 Å². The first-order valence-corrected chi connectivity index (χ1v) is 11.2. The number of nitrogens with one attached hydrogen (secondary N) is 2. The lowest BCUT2D eigenvalue weighted by Crippen LogP contribution is -2.12. The van der Waals surface area contributed by atoms with Crippen LogP contribution >= 0.6 is 34.4 Å². The molecule has 2 N–H and O–H groups in total. The highest BCUT2D eigenvalue weighted by molar-refractivity contribution is 7.99. The lowest BCUT2D eigenvalue weighted by molar-refractivity contribution is -0.114. The van der Waals surface area contributed by atoms with Crippen LogP contribution in [0.3, 0.4) is 0 Å². The summed E-state index contributed by atoms with van der Waals surface area (Å²) in [6.07, 6.45) is 0. The van der Waals surface area contributed by atoms with Crippen LogP contribution in [0.1, 0.15) is 24.9 Å². The molecule has 3 heterocycles. The van der Waals surface area contributed by atoms with Gasteiger partial charge in [-0.05, 0) is 42.6 Å². The molecule has 0 aliphatic heterocycles. The number of thiophene rings is 2. The second-order valence-electron chi connectivity index (χ2n) is 6.22. The summed E-state index contributed by atoms with van der Waals surface area (Å²) in [6, 6.07) is 11.6. The van der Waals surface area contributed by atoms with Gasteiger partial charge in [0.25, 0.3) is 5.56 Å². The number of thioether (sulfide) groups is 1. The van der Waals surface area contributed by atoms with E-state index in [0.717, 1.165) is 25.9 Å². The minimum atomic E-state index is -0.0990. The van der Waals surface area contributed by atoms with Gasteiger partial charge in [-0.1, -0.05) is 6.07 Å². The van der Waals surface area contributed by atoms with Gasteiger partial charge in [-0.15, -0.1) is 34.4 Å². The zero-order valence-corrected chi connectivity index (χ0v) is 17.6. The van der Waals surface area contributed by atoms with Gasteiger partial charge < -0.3 is 10.3 Å². The van der Waals surface area contributed by atoms with Crippen LogP contribution in [0.2, 0.25) is 0 Å². The molecular weight excluding hydrogens is 410 g/mol. The van der Waals surface area contributed by atoms with Gasteiger partial charge in [0, 0.05) is 33.3 Å². The van der Waals surface area contributed by atoms with Crippen LogP contribution in [0.15, 0.2) is 56.8 Å². The zero-order valence-electron chi connectivity index (χ0n) is 15.2. The molecule has 142 valence electrons. The lowest BCUT2D eigenvalue weighted by Gasteiger charge is -2.11. The van der Waals surface area contributed by atoms with Crippen LogP contribution in [-0.4, -0.2) is 15.9 Å². The molecule has 0 fully saturated rings. The van der Waals surface area contributed by atoms with E-state index in [9.17, 15) is 9.59 Å². The summed E-state index contributed by atoms with van der Waals surface area (Å²) in [6.45, 7) is 3.50. The zero-order chi connectivity index (χ0) is 19.7. The predicted molar refractivity (Wildman–Crippen MR) is 119 cm³/mol. The van der Waals surface area contributed by atoms with E-state index in [0.29, 0.717) is 11.2 Å². The Bertz CT molecular complexity index is 1180. The van der Waals surface area contributed by atoms with E-state index in [-0.39, 0.29) is 16.7 Å². The summed E-state index contributed by atoms with van der Waals surface area (Å²) in [7, 11) is 0. The van der Waals surface area contributed by atoms with Gasteiger partial charge in [-0.25, -0.2) is 4.98 Å². The lowest BCUT2D eigenvalue weighted by atomic mass is 10.2. The Morgan fingerprint density at radius 2 is 2.00 bits per heavy atom. The molecule has 4 rings (SSSR count). The normalized spacial score (nSPS) is 12.2. The third-order valence-electron chi connectivity index (χ3n) is 4.12. The Balaban J connectivity index is 1.59. The molecule has 0 aliphatic carbocycles. The van der Waals surface area contributed by atoms with Crippen molar-refractivity contribution in [3.05, 3.63) is 63.3 Å². The number of carbonyl (C=O) groups excluding carboxylic acids is 1. The average Bonchev–Trinajstić information content (AvgIpc) is 3.32. The predicted octanol–water partition coefficient (Wildman–Crippen LogP) is 5.52. The van der Waals surface area contributed by atoms with Crippen molar-refractivity contribution in [2.24, 2.45) is 0 Å². The average molecular weight is 428 g/mol. The number of benzene rings is 1. The summed E-state index contributed by atoms with van der Waals surface area (Å²) in [5.74, 6) is 0.565. The van der Waals surface area contributed by atoms with E-state index >= 15 is 0 Å². The van der Waals surface area contributed by atoms with Gasteiger partial charge in [-0.3, -0.25) is 9.59 Å². The van der Waals surface area contributed by atoms with Crippen LogP contribution < -0.4 is 10.9 Å². The number of fused-ring (bicyclic) bond motifs is 1. The molecule has 5 nitrogen and oxygen atoms in total. The van der Waals surface area contributed by atoms with Crippen molar-refractivity contribution >= 4 is 56.2 Å². The van der Waals surface area contributed by atoms with Crippen LogP contribution in [0.25, 0.3) is 20.7 Å². The third kappa shape index (κ3) is 3.89. The summed E-state index contributed by atoms with van der Waals surface area (Å²) in [5.41, 5.74) is 1.61. The first-order chi connectivity index (χ1) is 13.5. The monoisotopic (exact) mass is 427 g/mol. The molecular formula is C20H17N3O2S3. The number of aromatic amines is 1. The Kier molecular flexibility index (Phi) is 5.34. The summed E-state index contributed by atoms with van der Waals surface area (Å²) >= 11 is 4.72. The second kappa shape index (κ2) is 7.90. The first-order valence-electron chi connectivity index (χ1n) is 8.61. The molecule has 3 aromatic heterocycles. The molecule has 0 spiro atoms. The molecule has 0 saturated heterocycles. The second-order valence-corrected chi connectivity index (χ2v) is 9.44. The molecule has 8 heteroatoms. The summed E-state index contributed by atoms with van der Waals surface area (Å²) < 4.78 is 0. The van der Waals surface area contributed by atoms with Crippen molar-refractivity contribution in [2.75, 3.05) is 5.32 Å². The highest BCUT2D eigenvalue weighted by atomic mass is 32.2. The fourth-order valence-corrected chi connectivity index (χ4v) is 5.55. The number of amides is 1. The van der Waals surface area contributed by atoms with E-state index in [2.05, 4.69) is 10.3 Å². The maximum Gasteiger partial charge on any atom is 0.260 e. The number of carbonyl (C=O) groups is 1. The molecule has 1 unspecified atom stereocenters. The first kappa shape index (κ1) is 18.9. The van der Waals surface area contributed by atoms with E-state index in [1.807, 2.05) is 54.1 Å². The maximum absolute atomic E-state index is 12.7. The van der Waals surface area contributed by atoms with Crippen LogP contribution in [0, 0.1) is 0 Å². The number of nitrogens with zero attached hydrogens (tertiary/aromatic N) is 1. The minimum Gasteiger partial charge on any atom is -0.326 e. The Morgan fingerprint density at radius 3 is 2.68 bits per heavy atom. The van der Waals surface area contributed by atoms with Crippen LogP contribution in [0.5, 0.6) is 0 Å². The molecule has 0 aliphatic rings. The molecule has 1 aromatic carbocycles. The number of H-pyrrole nitrogens is 1. The van der Waals surface area contributed by atoms with Gasteiger partial charge in [0.2, 0.25) is 5.91 Å². The van der Waals surface area contributed by atoms with E-state index in [4.69, 9.17) is 4.98 Å². The van der Waals surface area contributed by atoms with Crippen LogP contribution in [-0.2, 0) is 4.79 Å². The number of hydrogen-bond acceptors (Lipinski definition) is 6. The molecule has 1 amide bonds. The summed E-state index contributed by atoms with van der Waals surface area (Å²) in [5, 5.41) is 7.40. The molecule has 28 heavy (non-hydrogen) atoms. The molecule has 4 aromatic rings. The SMILES string of the molecule is CC(=O)Nc1ccc(SC(C)c2nc3scc(-c4cccs4)c3c(=O)[nH]2)cc1. The topological polar surface area (TPSA) is 74.8 Å². The largest absolute Gasteiger partial charge is 0.326 e. The van der Waals surface area contributed by atoms with E-state index < -0.39 is 0 Å². The van der Waals surface area contributed by atoms with Crippen molar-refractivity contribution in [1.82, 2.24) is 9.97 Å². The highest BCUT2D eigenvalue weighted by Crippen LogP contribution is 2.36. The Morgan fingerprint density at radius 1 is 1.21 bits per heavy atom. The molecule has 0 radical (unpaired) electrons. The fraction of sp³-hybridized carbons (Fsp3) is 0.150. The number of hydrogen-bond donors (Lipinski definition) is 2. The van der Waals surface area contributed by atoms with Gasteiger partial charge in [0.05, 0.1) is 10.6 Å². The highest BCUT2D eigenvalue weighted by Gasteiger charge is 2.17. The number of anilines is 1. The third-order valence-corrected chi connectivity index (χ3v) is 7.02. The smallest absolute Gasteiger partial charge is 0.260 e. The Hall–Kier alpha value is -2.42. The van der Waals surface area contributed by atoms with Gasteiger partial charge in [0.1, 0.15) is 10.7 Å². The quantitative estimate of drug-likeness (QED) is 0.411. The van der Waals surface area contributed by atoms with Crippen molar-refractivity contribution < 1.29 is 4.79 Å². The molecule has 0 bridgehead atoms. The van der Waals surface area contributed by atoms with Crippen molar-refractivity contribution in [1.29, 1.82) is 0 Å². The molecule has 0 saturated carbocycles. The van der Waals surface area contributed by atoms with Crippen molar-refractivity contribution in [3.63, 3.8) is 0 Å². The fourth-order valence-electron chi connectivity index (χ4n) is 2.85. The standard InChI is InChI=1S/C20H17N3O2S3/c1-11(28-14-7-5-13(6-8-14)21-12(2)24)18-22-19(25)17-15(10-27-20(17)23-18)16-4-3-9-26-16/h3-11H,1-2H3,(H,21,24)(H,22,23,25). The van der Waals surface area contributed by atoms with E-state index in [1.54, 1.807) is 23.1 Å². The molecule has 1 atom stereocenters. The maximum atomic E-state index is 12.7. The van der Waals surface area contributed by atoms with Gasteiger partial charge in [-0.2, -0.15) is 0 Å². The van der Waals surface area contributed by atoms with E-state index in [1.165, 1.54) is 18.3 Å². The number of aromatic nitrogens is 2. The summed E-state index contributed by atoms with van der Waals surface area (Å²) in [4.78, 5) is 34.4. The number of rotatable bonds is 5. The van der Waals surface area contributed by atoms with Crippen molar-refractivity contribution in [3.8, 4) is 10.4 Å². The van der Waals surface area contributed by atoms with Gasteiger partial charge >= 0.3 is 0 Å². The Labute approximate surface area is 173 Å². The van der Waals surface area contributed by atoms with Crippen molar-refractivity contribution in [2.45, 2.75) is 24.0 Å².